The lowest BCUT2D eigenvalue weighted by atomic mass is 9.79. The van der Waals surface area contributed by atoms with Gasteiger partial charge in [-0.25, -0.2) is 22.8 Å². The fourth-order valence-corrected chi connectivity index (χ4v) is 8.13. The molecule has 39 heavy (non-hydrogen) atoms. The van der Waals surface area contributed by atoms with Crippen LogP contribution < -0.4 is 10.5 Å². The van der Waals surface area contributed by atoms with Crippen LogP contribution in [0.15, 0.2) is 30.7 Å². The van der Waals surface area contributed by atoms with E-state index in [0.29, 0.717) is 37.5 Å². The molecule has 5 heterocycles. The fourth-order valence-electron chi connectivity index (χ4n) is 6.86. The van der Waals surface area contributed by atoms with E-state index in [9.17, 15) is 12.8 Å². The monoisotopic (exact) mass is 555 g/mol. The molecule has 208 valence electrons. The van der Waals surface area contributed by atoms with Gasteiger partial charge in [-0.05, 0) is 62.1 Å². The first-order valence-corrected chi connectivity index (χ1v) is 15.7. The van der Waals surface area contributed by atoms with Crippen molar-refractivity contribution < 1.29 is 22.3 Å². The van der Waals surface area contributed by atoms with Crippen molar-refractivity contribution >= 4 is 26.7 Å². The number of rotatable bonds is 7. The Labute approximate surface area is 227 Å². The SMILES string of the molecule is Nc1ncnc2c1c(-c1ccc(F)c(OCC34CCC(CC3)O4)c1)cn2C1CC(CN2CCS(=O)(=O)CC2)C1. The molecule has 1 aromatic carbocycles. The third-order valence-electron chi connectivity index (χ3n) is 9.19. The smallest absolute Gasteiger partial charge is 0.165 e. The first-order valence-electron chi connectivity index (χ1n) is 13.9. The van der Waals surface area contributed by atoms with E-state index < -0.39 is 15.7 Å². The molecule has 0 radical (unpaired) electrons. The summed E-state index contributed by atoms with van der Waals surface area (Å²) in [4.78, 5) is 11.1. The Kier molecular flexibility index (Phi) is 6.09. The molecule has 2 N–H and O–H groups in total. The van der Waals surface area contributed by atoms with Gasteiger partial charge in [0.2, 0.25) is 0 Å². The molecule has 3 aliphatic heterocycles. The van der Waals surface area contributed by atoms with Crippen LogP contribution in [0.4, 0.5) is 10.2 Å². The molecular weight excluding hydrogens is 521 g/mol. The maximum Gasteiger partial charge on any atom is 0.165 e. The number of hydrogen-bond donors (Lipinski definition) is 1. The molecule has 7 rings (SSSR count). The molecule has 2 bridgehead atoms. The van der Waals surface area contributed by atoms with Crippen LogP contribution in [0.1, 0.15) is 44.6 Å². The van der Waals surface area contributed by atoms with Gasteiger partial charge in [-0.1, -0.05) is 6.07 Å². The zero-order valence-electron chi connectivity index (χ0n) is 21.9. The van der Waals surface area contributed by atoms with Crippen molar-refractivity contribution in [2.45, 2.75) is 56.3 Å². The van der Waals surface area contributed by atoms with Crippen molar-refractivity contribution in [2.24, 2.45) is 5.92 Å². The molecule has 9 nitrogen and oxygen atoms in total. The summed E-state index contributed by atoms with van der Waals surface area (Å²) in [6.07, 6.45) is 9.84. The highest BCUT2D eigenvalue weighted by Gasteiger charge is 2.47. The van der Waals surface area contributed by atoms with Crippen LogP contribution in [0.2, 0.25) is 0 Å². The highest BCUT2D eigenvalue weighted by molar-refractivity contribution is 7.91. The van der Waals surface area contributed by atoms with Crippen molar-refractivity contribution in [3.8, 4) is 16.9 Å². The lowest BCUT2D eigenvalue weighted by Crippen LogP contribution is -2.44. The Balaban J connectivity index is 1.11. The summed E-state index contributed by atoms with van der Waals surface area (Å²) < 4.78 is 52.6. The molecule has 1 aliphatic carbocycles. The fraction of sp³-hybridized carbons (Fsp3) is 0.571. The van der Waals surface area contributed by atoms with Crippen LogP contribution in [0, 0.1) is 11.7 Å². The number of ether oxygens (including phenoxy) is 2. The highest BCUT2D eigenvalue weighted by Crippen LogP contribution is 2.45. The number of sulfone groups is 1. The third-order valence-corrected chi connectivity index (χ3v) is 10.8. The number of nitrogens with two attached hydrogens (primary N) is 1. The summed E-state index contributed by atoms with van der Waals surface area (Å²) >= 11 is 0. The first kappa shape index (κ1) is 25.2. The Morgan fingerprint density at radius 3 is 2.64 bits per heavy atom. The number of nitrogens with zero attached hydrogens (tertiary/aromatic N) is 4. The molecule has 11 heteroatoms. The standard InChI is InChI=1S/C28H34FN5O4S/c29-23-2-1-19(13-24(23)37-16-28-5-3-21(38-28)4-6-28)22-15-34(27-25(22)26(30)31-17-32-27)20-11-18(12-20)14-33-7-9-39(35,36)10-8-33/h1-2,13,15,17-18,20-21H,3-12,14,16H2,(H2,30,31,32). The molecule has 3 aromatic rings. The average Bonchev–Trinajstić information content (AvgIpc) is 3.61. The molecule has 0 unspecified atom stereocenters. The minimum Gasteiger partial charge on any atom is -0.487 e. The van der Waals surface area contributed by atoms with E-state index in [-0.39, 0.29) is 28.9 Å². The van der Waals surface area contributed by atoms with Gasteiger partial charge in [-0.2, -0.15) is 0 Å². The maximum absolute atomic E-state index is 14.8. The minimum absolute atomic E-state index is 0.212. The minimum atomic E-state index is -2.87. The molecule has 3 saturated heterocycles. The number of benzene rings is 1. The number of aromatic nitrogens is 3. The van der Waals surface area contributed by atoms with Gasteiger partial charge in [0.05, 0.1) is 23.0 Å². The van der Waals surface area contributed by atoms with Crippen molar-refractivity contribution in [1.29, 1.82) is 0 Å². The summed E-state index contributed by atoms with van der Waals surface area (Å²) in [5.41, 5.74) is 8.49. The van der Waals surface area contributed by atoms with Crippen molar-refractivity contribution in [2.75, 3.05) is 43.5 Å². The van der Waals surface area contributed by atoms with E-state index in [2.05, 4.69) is 25.6 Å². The van der Waals surface area contributed by atoms with Crippen molar-refractivity contribution in [1.82, 2.24) is 19.4 Å². The van der Waals surface area contributed by atoms with Gasteiger partial charge in [0.25, 0.3) is 0 Å². The second-order valence-corrected chi connectivity index (χ2v) is 14.1. The summed E-state index contributed by atoms with van der Waals surface area (Å²) in [6.45, 7) is 2.50. The molecule has 2 aromatic heterocycles. The normalized spacial score (nSPS) is 30.0. The van der Waals surface area contributed by atoms with E-state index in [1.165, 1.54) is 12.4 Å². The lowest BCUT2D eigenvalue weighted by molar-refractivity contribution is -0.0206. The topological polar surface area (TPSA) is 113 Å². The quantitative estimate of drug-likeness (QED) is 0.471. The van der Waals surface area contributed by atoms with Gasteiger partial charge in [-0.3, -0.25) is 0 Å². The van der Waals surface area contributed by atoms with E-state index in [0.717, 1.165) is 67.2 Å². The summed E-state index contributed by atoms with van der Waals surface area (Å²) in [5.74, 6) is 1.22. The molecule has 0 atom stereocenters. The molecule has 1 saturated carbocycles. The van der Waals surface area contributed by atoms with Crippen LogP contribution in [-0.2, 0) is 14.6 Å². The number of hydrogen-bond acceptors (Lipinski definition) is 8. The highest BCUT2D eigenvalue weighted by atomic mass is 32.2. The Morgan fingerprint density at radius 2 is 1.92 bits per heavy atom. The van der Waals surface area contributed by atoms with Gasteiger partial charge in [0, 0.05) is 37.4 Å². The predicted octanol–water partition coefficient (Wildman–Crippen LogP) is 3.59. The van der Waals surface area contributed by atoms with E-state index in [1.54, 1.807) is 12.1 Å². The second-order valence-electron chi connectivity index (χ2n) is 11.8. The average molecular weight is 556 g/mol. The largest absolute Gasteiger partial charge is 0.487 e. The molecule has 0 amide bonds. The van der Waals surface area contributed by atoms with Gasteiger partial charge < -0.3 is 24.7 Å². The number of anilines is 1. The van der Waals surface area contributed by atoms with Crippen LogP contribution in [0.5, 0.6) is 5.75 Å². The summed E-state index contributed by atoms with van der Waals surface area (Å²) in [6, 6.07) is 5.19. The summed E-state index contributed by atoms with van der Waals surface area (Å²) in [7, 11) is -2.87. The van der Waals surface area contributed by atoms with Crippen LogP contribution in [0.3, 0.4) is 0 Å². The predicted molar refractivity (Wildman–Crippen MR) is 146 cm³/mol. The molecule has 4 fully saturated rings. The zero-order valence-corrected chi connectivity index (χ0v) is 22.7. The number of nitrogen functional groups attached to an aromatic ring is 1. The van der Waals surface area contributed by atoms with Crippen LogP contribution in [-0.4, -0.2) is 77.3 Å². The molecular formula is C28H34FN5O4S. The first-order chi connectivity index (χ1) is 18.8. The Hall–Kier alpha value is -2.76. The van der Waals surface area contributed by atoms with Crippen molar-refractivity contribution in [3.63, 3.8) is 0 Å². The Bertz CT molecular complexity index is 1500. The summed E-state index contributed by atoms with van der Waals surface area (Å²) in [5, 5.41) is 0.760. The lowest BCUT2D eigenvalue weighted by Gasteiger charge is -2.40. The van der Waals surface area contributed by atoms with E-state index in [1.807, 2.05) is 0 Å². The van der Waals surface area contributed by atoms with Crippen LogP contribution in [0.25, 0.3) is 22.2 Å². The zero-order chi connectivity index (χ0) is 26.8. The van der Waals surface area contributed by atoms with Gasteiger partial charge in [-0.15, -0.1) is 0 Å². The second kappa shape index (κ2) is 9.42. The van der Waals surface area contributed by atoms with Gasteiger partial charge in [0.15, 0.2) is 21.4 Å². The molecule has 4 aliphatic rings. The van der Waals surface area contributed by atoms with E-state index in [4.69, 9.17) is 15.2 Å². The van der Waals surface area contributed by atoms with Crippen molar-refractivity contribution in [3.05, 3.63) is 36.5 Å². The number of halogens is 1. The van der Waals surface area contributed by atoms with Crippen LogP contribution >= 0.6 is 0 Å². The van der Waals surface area contributed by atoms with Gasteiger partial charge in [0.1, 0.15) is 30.0 Å². The van der Waals surface area contributed by atoms with E-state index >= 15 is 0 Å². The third kappa shape index (κ3) is 4.68. The Morgan fingerprint density at radius 1 is 1.15 bits per heavy atom. The maximum atomic E-state index is 14.8. The van der Waals surface area contributed by atoms with Gasteiger partial charge >= 0.3 is 0 Å². The molecule has 0 spiro atoms. The number of fused-ring (bicyclic) bond motifs is 3.